The van der Waals surface area contributed by atoms with E-state index in [4.69, 9.17) is 4.74 Å². The summed E-state index contributed by atoms with van der Waals surface area (Å²) in [5, 5.41) is 6.65. The zero-order valence-electron chi connectivity index (χ0n) is 11.6. The van der Waals surface area contributed by atoms with E-state index in [0.717, 1.165) is 35.2 Å². The number of anilines is 1. The maximum absolute atomic E-state index is 5.63. The molecule has 0 saturated heterocycles. The highest BCUT2D eigenvalue weighted by Gasteiger charge is 2.08. The Morgan fingerprint density at radius 1 is 1.42 bits per heavy atom. The highest BCUT2D eigenvalue weighted by Crippen LogP contribution is 2.23. The lowest BCUT2D eigenvalue weighted by Crippen LogP contribution is -2.07. The molecule has 1 aromatic carbocycles. The maximum Gasteiger partial charge on any atom is 0.121 e. The van der Waals surface area contributed by atoms with Gasteiger partial charge in [0.25, 0.3) is 0 Å². The molecule has 1 atom stereocenters. The highest BCUT2D eigenvalue weighted by molar-refractivity contribution is 7.09. The molecule has 2 rings (SSSR count). The Morgan fingerprint density at radius 3 is 2.95 bits per heavy atom. The minimum atomic E-state index is 0.200. The Bertz CT molecular complexity index is 524. The van der Waals surface area contributed by atoms with Gasteiger partial charge in [-0.15, -0.1) is 11.3 Å². The fourth-order valence-corrected chi connectivity index (χ4v) is 2.50. The van der Waals surface area contributed by atoms with Crippen LogP contribution >= 0.6 is 11.3 Å². The molecule has 0 radical (unpaired) electrons. The van der Waals surface area contributed by atoms with Gasteiger partial charge in [-0.25, -0.2) is 4.98 Å². The topological polar surface area (TPSA) is 34.1 Å². The van der Waals surface area contributed by atoms with E-state index in [1.54, 1.807) is 11.3 Å². The van der Waals surface area contributed by atoms with Crippen molar-refractivity contribution in [2.24, 2.45) is 0 Å². The summed E-state index contributed by atoms with van der Waals surface area (Å²) in [5.41, 5.74) is 2.15. The van der Waals surface area contributed by atoms with Crippen molar-refractivity contribution in [2.45, 2.75) is 33.2 Å². The molecule has 3 nitrogen and oxygen atoms in total. The minimum absolute atomic E-state index is 0.200. The first-order valence-corrected chi connectivity index (χ1v) is 7.48. The quantitative estimate of drug-likeness (QED) is 0.848. The minimum Gasteiger partial charge on any atom is -0.494 e. The number of hydrogen-bond acceptors (Lipinski definition) is 4. The van der Waals surface area contributed by atoms with Gasteiger partial charge in [0.1, 0.15) is 5.75 Å². The van der Waals surface area contributed by atoms with Crippen LogP contribution in [-0.2, 0) is 0 Å². The molecule has 4 heteroatoms. The molecule has 19 heavy (non-hydrogen) atoms. The van der Waals surface area contributed by atoms with Gasteiger partial charge in [-0.05, 0) is 32.4 Å². The van der Waals surface area contributed by atoms with Gasteiger partial charge in [0.2, 0.25) is 0 Å². The Hall–Kier alpha value is -1.55. The van der Waals surface area contributed by atoms with Crippen LogP contribution in [0, 0.1) is 6.92 Å². The molecule has 1 aromatic heterocycles. The third kappa shape index (κ3) is 3.96. The van der Waals surface area contributed by atoms with Gasteiger partial charge >= 0.3 is 0 Å². The Morgan fingerprint density at radius 2 is 2.26 bits per heavy atom. The summed E-state index contributed by atoms with van der Waals surface area (Å²) < 4.78 is 5.63. The summed E-state index contributed by atoms with van der Waals surface area (Å²) in [6.07, 6.45) is 1.02. The van der Waals surface area contributed by atoms with Crippen LogP contribution in [0.5, 0.6) is 5.75 Å². The summed E-state index contributed by atoms with van der Waals surface area (Å²) in [5.74, 6) is 0.911. The zero-order chi connectivity index (χ0) is 13.7. The van der Waals surface area contributed by atoms with Crippen LogP contribution in [0.15, 0.2) is 29.6 Å². The van der Waals surface area contributed by atoms with Crippen molar-refractivity contribution in [1.29, 1.82) is 0 Å². The van der Waals surface area contributed by atoms with Crippen LogP contribution in [0.2, 0.25) is 0 Å². The van der Waals surface area contributed by atoms with Crippen molar-refractivity contribution in [3.63, 3.8) is 0 Å². The van der Waals surface area contributed by atoms with Crippen molar-refractivity contribution >= 4 is 17.0 Å². The van der Waals surface area contributed by atoms with Gasteiger partial charge in [0, 0.05) is 17.1 Å². The third-order valence-corrected chi connectivity index (χ3v) is 3.56. The maximum atomic E-state index is 5.63. The summed E-state index contributed by atoms with van der Waals surface area (Å²) in [7, 11) is 0. The molecule has 0 aliphatic carbocycles. The second-order valence-electron chi connectivity index (χ2n) is 4.53. The second kappa shape index (κ2) is 6.57. The van der Waals surface area contributed by atoms with Gasteiger partial charge in [-0.1, -0.05) is 13.0 Å². The fraction of sp³-hybridized carbons (Fsp3) is 0.400. The predicted molar refractivity (Wildman–Crippen MR) is 81.1 cm³/mol. The zero-order valence-corrected chi connectivity index (χ0v) is 12.5. The first-order chi connectivity index (χ1) is 9.19. The normalized spacial score (nSPS) is 12.2. The fourth-order valence-electron chi connectivity index (χ4n) is 1.80. The van der Waals surface area contributed by atoms with Gasteiger partial charge < -0.3 is 10.1 Å². The largest absolute Gasteiger partial charge is 0.494 e. The molecule has 0 amide bonds. The van der Waals surface area contributed by atoms with Gasteiger partial charge in [0.15, 0.2) is 0 Å². The number of aromatic nitrogens is 1. The van der Waals surface area contributed by atoms with Crippen LogP contribution in [0.3, 0.4) is 0 Å². The van der Waals surface area contributed by atoms with Gasteiger partial charge in [-0.2, -0.15) is 0 Å². The number of thiazole rings is 1. The van der Waals surface area contributed by atoms with Crippen LogP contribution < -0.4 is 10.1 Å². The summed E-state index contributed by atoms with van der Waals surface area (Å²) >= 11 is 1.68. The molecular formula is C15H20N2OS. The number of nitrogens with zero attached hydrogens (tertiary/aromatic N) is 1. The Balaban J connectivity index is 2.02. The molecular weight excluding hydrogens is 256 g/mol. The molecule has 0 aliphatic rings. The van der Waals surface area contributed by atoms with Gasteiger partial charge in [-0.3, -0.25) is 0 Å². The van der Waals surface area contributed by atoms with E-state index >= 15 is 0 Å². The average Bonchev–Trinajstić information content (AvgIpc) is 2.83. The summed E-state index contributed by atoms with van der Waals surface area (Å²) in [4.78, 5) is 4.50. The second-order valence-corrected chi connectivity index (χ2v) is 5.60. The number of benzene rings is 1. The van der Waals surface area contributed by atoms with E-state index in [1.807, 2.05) is 25.1 Å². The number of nitrogens with one attached hydrogen (secondary N) is 1. The standard InChI is InChI=1S/C15H20N2OS/c1-4-8-18-14-7-5-6-13(9-14)16-11(2)15-10-19-12(3)17-15/h5-7,9-11,16H,4,8H2,1-3H3. The Labute approximate surface area is 118 Å². The smallest absolute Gasteiger partial charge is 0.121 e. The third-order valence-electron chi connectivity index (χ3n) is 2.77. The van der Waals surface area contributed by atoms with E-state index in [1.165, 1.54) is 0 Å². The van der Waals surface area contributed by atoms with E-state index in [9.17, 15) is 0 Å². The number of rotatable bonds is 6. The van der Waals surface area contributed by atoms with E-state index in [-0.39, 0.29) is 6.04 Å². The summed E-state index contributed by atoms with van der Waals surface area (Å²) in [6.45, 7) is 7.01. The van der Waals surface area contributed by atoms with Crippen LogP contribution in [-0.4, -0.2) is 11.6 Å². The molecule has 0 fully saturated rings. The lowest BCUT2D eigenvalue weighted by molar-refractivity contribution is 0.317. The molecule has 1 heterocycles. The lowest BCUT2D eigenvalue weighted by Gasteiger charge is -2.14. The first-order valence-electron chi connectivity index (χ1n) is 6.60. The average molecular weight is 276 g/mol. The molecule has 0 bridgehead atoms. The van der Waals surface area contributed by atoms with Crippen LogP contribution in [0.1, 0.15) is 37.0 Å². The van der Waals surface area contributed by atoms with Crippen molar-refractivity contribution in [3.8, 4) is 5.75 Å². The van der Waals surface area contributed by atoms with Crippen molar-refractivity contribution < 1.29 is 4.74 Å². The van der Waals surface area contributed by atoms with Crippen molar-refractivity contribution in [3.05, 3.63) is 40.3 Å². The highest BCUT2D eigenvalue weighted by atomic mass is 32.1. The Kier molecular flexibility index (Phi) is 4.80. The van der Waals surface area contributed by atoms with E-state index in [0.29, 0.717) is 0 Å². The van der Waals surface area contributed by atoms with E-state index < -0.39 is 0 Å². The van der Waals surface area contributed by atoms with E-state index in [2.05, 4.69) is 35.6 Å². The predicted octanol–water partition coefficient (Wildman–Crippen LogP) is 4.41. The van der Waals surface area contributed by atoms with Gasteiger partial charge in [0.05, 0.1) is 23.4 Å². The van der Waals surface area contributed by atoms with Crippen LogP contribution in [0.25, 0.3) is 0 Å². The molecule has 0 saturated carbocycles. The number of ether oxygens (including phenoxy) is 1. The molecule has 2 aromatic rings. The SMILES string of the molecule is CCCOc1cccc(NC(C)c2csc(C)n2)c1. The lowest BCUT2D eigenvalue weighted by atomic mass is 10.2. The number of hydrogen-bond donors (Lipinski definition) is 1. The first kappa shape index (κ1) is 13.9. The van der Waals surface area contributed by atoms with Crippen molar-refractivity contribution in [1.82, 2.24) is 4.98 Å². The molecule has 1 unspecified atom stereocenters. The molecule has 0 spiro atoms. The van der Waals surface area contributed by atoms with Crippen molar-refractivity contribution in [2.75, 3.05) is 11.9 Å². The molecule has 1 N–H and O–H groups in total. The molecule has 102 valence electrons. The summed E-state index contributed by atoms with van der Waals surface area (Å²) in [6, 6.07) is 8.27. The monoisotopic (exact) mass is 276 g/mol. The van der Waals surface area contributed by atoms with Crippen LogP contribution in [0.4, 0.5) is 5.69 Å². The number of aryl methyl sites for hydroxylation is 1. The molecule has 0 aliphatic heterocycles.